The van der Waals surface area contributed by atoms with Gasteiger partial charge < -0.3 is 25.0 Å². The van der Waals surface area contributed by atoms with Gasteiger partial charge in [-0.1, -0.05) is 24.2 Å². The van der Waals surface area contributed by atoms with E-state index in [1.807, 2.05) is 30.3 Å². The average Bonchev–Trinajstić information content (AvgIpc) is 2.98. The Morgan fingerprint density at radius 2 is 1.90 bits per heavy atom. The SMILES string of the molecule is C=CC(=O)Nc1cc2c(Nc3ccc(OCc4ccccn4)c(Cl)c3)ncnc2cc1OCCN1CCN(C)CC1. The van der Waals surface area contributed by atoms with Gasteiger partial charge in [-0.25, -0.2) is 9.97 Å². The van der Waals surface area contributed by atoms with Crippen LogP contribution in [0.5, 0.6) is 11.5 Å². The fourth-order valence-corrected chi connectivity index (χ4v) is 4.64. The first-order chi connectivity index (χ1) is 20.0. The highest BCUT2D eigenvalue weighted by Gasteiger charge is 2.16. The van der Waals surface area contributed by atoms with E-state index in [0.29, 0.717) is 57.8 Å². The van der Waals surface area contributed by atoms with Crippen molar-refractivity contribution >= 4 is 45.6 Å². The van der Waals surface area contributed by atoms with Gasteiger partial charge in [0.25, 0.3) is 0 Å². The fourth-order valence-electron chi connectivity index (χ4n) is 4.41. The van der Waals surface area contributed by atoms with Gasteiger partial charge in [0, 0.05) is 56.1 Å². The molecule has 0 saturated carbocycles. The van der Waals surface area contributed by atoms with Crippen molar-refractivity contribution in [2.45, 2.75) is 6.61 Å². The van der Waals surface area contributed by atoms with Gasteiger partial charge >= 0.3 is 0 Å². The third kappa shape index (κ3) is 7.49. The van der Waals surface area contributed by atoms with E-state index in [1.165, 1.54) is 12.4 Å². The van der Waals surface area contributed by atoms with Gasteiger partial charge in [-0.2, -0.15) is 0 Å². The van der Waals surface area contributed by atoms with E-state index in [1.54, 1.807) is 24.4 Å². The van der Waals surface area contributed by atoms with E-state index in [4.69, 9.17) is 21.1 Å². The van der Waals surface area contributed by atoms with Crippen molar-refractivity contribution in [2.24, 2.45) is 0 Å². The number of halogens is 1. The number of aromatic nitrogens is 3. The summed E-state index contributed by atoms with van der Waals surface area (Å²) in [5, 5.41) is 7.30. The van der Waals surface area contributed by atoms with Crippen LogP contribution in [0.2, 0.25) is 5.02 Å². The number of nitrogens with zero attached hydrogens (tertiary/aromatic N) is 5. The van der Waals surface area contributed by atoms with Crippen LogP contribution in [0.4, 0.5) is 17.2 Å². The molecule has 0 radical (unpaired) electrons. The highest BCUT2D eigenvalue weighted by atomic mass is 35.5. The van der Waals surface area contributed by atoms with Crippen LogP contribution >= 0.6 is 11.6 Å². The second kappa shape index (κ2) is 13.4. The zero-order valence-corrected chi connectivity index (χ0v) is 23.6. The third-order valence-corrected chi connectivity index (χ3v) is 7.03. The van der Waals surface area contributed by atoms with Crippen molar-refractivity contribution < 1.29 is 14.3 Å². The molecular weight excluding hydrogens is 542 g/mol. The van der Waals surface area contributed by atoms with Crippen molar-refractivity contribution in [3.8, 4) is 11.5 Å². The molecular formula is C30H32ClN7O3. The molecule has 5 rings (SSSR count). The number of fused-ring (bicyclic) bond motifs is 1. The Morgan fingerprint density at radius 3 is 2.66 bits per heavy atom. The topological polar surface area (TPSA) is 105 Å². The number of anilines is 3. The number of nitrogens with one attached hydrogen (secondary N) is 2. The molecule has 4 aromatic rings. The summed E-state index contributed by atoms with van der Waals surface area (Å²) in [6.07, 6.45) is 4.42. The van der Waals surface area contributed by atoms with E-state index in [9.17, 15) is 4.79 Å². The number of ether oxygens (including phenoxy) is 2. The summed E-state index contributed by atoms with van der Waals surface area (Å²) in [7, 11) is 2.13. The summed E-state index contributed by atoms with van der Waals surface area (Å²) in [6, 6.07) is 14.7. The van der Waals surface area contributed by atoms with Gasteiger partial charge in [-0.3, -0.25) is 14.7 Å². The Balaban J connectivity index is 1.33. The molecule has 1 amide bonds. The Hall–Kier alpha value is -4.25. The highest BCUT2D eigenvalue weighted by Crippen LogP contribution is 2.35. The van der Waals surface area contributed by atoms with Gasteiger partial charge in [0.05, 0.1) is 21.9 Å². The molecule has 1 aliphatic heterocycles. The summed E-state index contributed by atoms with van der Waals surface area (Å²) in [5.41, 5.74) is 2.69. The monoisotopic (exact) mass is 573 g/mol. The zero-order chi connectivity index (χ0) is 28.6. The lowest BCUT2D eigenvalue weighted by atomic mass is 10.1. The highest BCUT2D eigenvalue weighted by molar-refractivity contribution is 6.32. The van der Waals surface area contributed by atoms with Crippen molar-refractivity contribution in [2.75, 3.05) is 57.0 Å². The molecule has 1 aliphatic rings. The molecule has 11 heteroatoms. The first kappa shape index (κ1) is 28.3. The second-order valence-electron chi connectivity index (χ2n) is 9.65. The molecule has 1 saturated heterocycles. The van der Waals surface area contributed by atoms with E-state index in [2.05, 4.69) is 49.0 Å². The minimum atomic E-state index is -0.340. The van der Waals surface area contributed by atoms with Crippen LogP contribution in [0.3, 0.4) is 0 Å². The normalized spacial score (nSPS) is 14.0. The number of hydrogen-bond acceptors (Lipinski definition) is 9. The molecule has 2 aromatic carbocycles. The quantitative estimate of drug-likeness (QED) is 0.246. The molecule has 0 atom stereocenters. The molecule has 0 bridgehead atoms. The van der Waals surface area contributed by atoms with Crippen LogP contribution in [0, 0.1) is 0 Å². The molecule has 10 nitrogen and oxygen atoms in total. The molecule has 0 spiro atoms. The van der Waals surface area contributed by atoms with E-state index >= 15 is 0 Å². The van der Waals surface area contributed by atoms with Gasteiger partial charge in [-0.05, 0) is 49.5 Å². The number of piperazine rings is 1. The number of hydrogen-bond donors (Lipinski definition) is 2. The van der Waals surface area contributed by atoms with Gasteiger partial charge in [-0.15, -0.1) is 0 Å². The number of benzene rings is 2. The van der Waals surface area contributed by atoms with Crippen LogP contribution in [0.15, 0.2) is 73.7 Å². The van der Waals surface area contributed by atoms with Crippen molar-refractivity contribution in [1.82, 2.24) is 24.8 Å². The molecule has 0 aliphatic carbocycles. The van der Waals surface area contributed by atoms with Crippen molar-refractivity contribution in [3.05, 3.63) is 84.4 Å². The first-order valence-electron chi connectivity index (χ1n) is 13.3. The fraction of sp³-hybridized carbons (Fsp3) is 0.267. The first-order valence-corrected chi connectivity index (χ1v) is 13.7. The van der Waals surface area contributed by atoms with Crippen LogP contribution < -0.4 is 20.1 Å². The van der Waals surface area contributed by atoms with E-state index in [-0.39, 0.29) is 5.91 Å². The molecule has 212 valence electrons. The number of rotatable bonds is 11. The van der Waals surface area contributed by atoms with Crippen molar-refractivity contribution in [3.63, 3.8) is 0 Å². The Morgan fingerprint density at radius 1 is 1.05 bits per heavy atom. The molecule has 3 heterocycles. The van der Waals surface area contributed by atoms with Crippen LogP contribution in [-0.2, 0) is 11.4 Å². The maximum absolute atomic E-state index is 12.2. The molecule has 1 fully saturated rings. The molecule has 2 N–H and O–H groups in total. The summed E-state index contributed by atoms with van der Waals surface area (Å²) >= 11 is 6.51. The molecule has 41 heavy (non-hydrogen) atoms. The number of carbonyl (C=O) groups excluding carboxylic acids is 1. The van der Waals surface area contributed by atoms with E-state index in [0.717, 1.165) is 38.4 Å². The maximum atomic E-state index is 12.2. The number of pyridine rings is 1. The van der Waals surface area contributed by atoms with Crippen LogP contribution in [-0.4, -0.2) is 77.0 Å². The average molecular weight is 574 g/mol. The molecule has 0 unspecified atom stereocenters. The lowest BCUT2D eigenvalue weighted by molar-refractivity contribution is -0.111. The minimum absolute atomic E-state index is 0.308. The minimum Gasteiger partial charge on any atom is -0.490 e. The second-order valence-corrected chi connectivity index (χ2v) is 10.1. The maximum Gasteiger partial charge on any atom is 0.247 e. The van der Waals surface area contributed by atoms with Gasteiger partial charge in [0.15, 0.2) is 0 Å². The standard InChI is InChI=1S/C30H32ClN7O3/c1-3-29(39)36-26-17-23-25(18-28(26)40-15-14-38-12-10-37(2)11-13-38)33-20-34-30(23)35-21-7-8-27(24(31)16-21)41-19-22-6-4-5-9-32-22/h3-9,16-18,20H,1,10-15,19H2,2H3,(H,36,39)(H,33,34,35). The summed E-state index contributed by atoms with van der Waals surface area (Å²) < 4.78 is 12.0. The Labute approximate surface area is 244 Å². The largest absolute Gasteiger partial charge is 0.490 e. The zero-order valence-electron chi connectivity index (χ0n) is 22.8. The van der Waals surface area contributed by atoms with Crippen LogP contribution in [0.25, 0.3) is 10.9 Å². The smallest absolute Gasteiger partial charge is 0.247 e. The van der Waals surface area contributed by atoms with Gasteiger partial charge in [0.1, 0.15) is 36.9 Å². The van der Waals surface area contributed by atoms with Gasteiger partial charge in [0.2, 0.25) is 5.91 Å². The number of likely N-dealkylation sites (N-methyl/N-ethyl adjacent to an activating group) is 1. The third-order valence-electron chi connectivity index (χ3n) is 6.74. The van der Waals surface area contributed by atoms with Crippen LogP contribution in [0.1, 0.15) is 5.69 Å². The summed E-state index contributed by atoms with van der Waals surface area (Å²) in [4.78, 5) is 30.1. The summed E-state index contributed by atoms with van der Waals surface area (Å²) in [6.45, 7) is 9.23. The lowest BCUT2D eigenvalue weighted by Crippen LogP contribution is -2.45. The summed E-state index contributed by atoms with van der Waals surface area (Å²) in [5.74, 6) is 1.28. The number of amides is 1. The Kier molecular flexibility index (Phi) is 9.25. The van der Waals surface area contributed by atoms with E-state index < -0.39 is 0 Å². The molecule has 2 aromatic heterocycles. The number of carbonyl (C=O) groups is 1. The lowest BCUT2D eigenvalue weighted by Gasteiger charge is -2.32. The Bertz CT molecular complexity index is 1510. The predicted octanol–water partition coefficient (Wildman–Crippen LogP) is 4.75. The van der Waals surface area contributed by atoms with Crippen molar-refractivity contribution in [1.29, 1.82) is 0 Å². The predicted molar refractivity (Wildman–Crippen MR) is 161 cm³/mol.